The van der Waals surface area contributed by atoms with Crippen LogP contribution < -0.4 is 9.91 Å². The number of aryl methyl sites for hydroxylation is 1. The molecule has 0 bridgehead atoms. The molecular formula is C37H41ClN6O5Si. The van der Waals surface area contributed by atoms with Crippen molar-refractivity contribution in [1.82, 2.24) is 15.0 Å². The molecule has 1 spiro atoms. The number of rotatable bonds is 10. The first-order valence-electron chi connectivity index (χ1n) is 17.1. The Kier molecular flexibility index (Phi) is 9.25. The van der Waals surface area contributed by atoms with Gasteiger partial charge in [-0.25, -0.2) is 5.01 Å². The summed E-state index contributed by atoms with van der Waals surface area (Å²) >= 11 is 6.57. The Hall–Kier alpha value is -4.20. The van der Waals surface area contributed by atoms with E-state index in [9.17, 15) is 19.5 Å². The number of hydrogen-bond acceptors (Lipinski definition) is 8. The van der Waals surface area contributed by atoms with Gasteiger partial charge in [-0.05, 0) is 61.0 Å². The Labute approximate surface area is 297 Å². The molecule has 2 amide bonds. The van der Waals surface area contributed by atoms with Gasteiger partial charge >= 0.3 is 0 Å². The SMILES string of the molecule is C[C@H]1[C@H]([Si](C)(C)O)[C@@H](CCn2cc(CCO)nn2)O[C@]12C(=O)N(Cc1ccc(N3N=C(c4ccccc4)CCC3=O)cc1)c1ccc(Cl)cc12. The molecule has 2 N–H and O–H groups in total. The van der Waals surface area contributed by atoms with E-state index in [0.717, 1.165) is 22.5 Å². The second-order valence-electron chi connectivity index (χ2n) is 13.9. The van der Waals surface area contributed by atoms with Gasteiger partial charge < -0.3 is 19.5 Å². The number of nitrogens with zero attached hydrogens (tertiary/aromatic N) is 6. The fourth-order valence-electron chi connectivity index (χ4n) is 7.93. The van der Waals surface area contributed by atoms with Crippen molar-refractivity contribution < 1.29 is 24.2 Å². The number of aliphatic hydroxyl groups excluding tert-OH is 1. The van der Waals surface area contributed by atoms with Crippen molar-refractivity contribution in [3.05, 3.63) is 106 Å². The second kappa shape index (κ2) is 13.5. The molecule has 0 saturated carbocycles. The number of aliphatic hydroxyl groups is 1. The number of amides is 2. The molecule has 50 heavy (non-hydrogen) atoms. The molecule has 4 atom stereocenters. The van der Waals surface area contributed by atoms with Gasteiger partial charge in [0.15, 0.2) is 13.9 Å². The van der Waals surface area contributed by atoms with Crippen LogP contribution in [0.25, 0.3) is 0 Å². The van der Waals surface area contributed by atoms with Crippen LogP contribution in [0.3, 0.4) is 0 Å². The van der Waals surface area contributed by atoms with Crippen LogP contribution >= 0.6 is 11.6 Å². The number of ether oxygens (including phenoxy) is 1. The Balaban J connectivity index is 1.16. The summed E-state index contributed by atoms with van der Waals surface area (Å²) in [6.45, 7) is 6.55. The van der Waals surface area contributed by atoms with Crippen LogP contribution in [-0.2, 0) is 39.4 Å². The molecule has 4 aromatic rings. The van der Waals surface area contributed by atoms with Gasteiger partial charge in [-0.3, -0.25) is 14.3 Å². The number of hydrogen-bond donors (Lipinski definition) is 2. The Morgan fingerprint density at radius 1 is 1.04 bits per heavy atom. The third-order valence-electron chi connectivity index (χ3n) is 10.2. The highest BCUT2D eigenvalue weighted by molar-refractivity contribution is 6.71. The van der Waals surface area contributed by atoms with Crippen LogP contribution in [0.1, 0.15) is 48.6 Å². The Bertz CT molecular complexity index is 1930. The fraction of sp³-hybridized carbons (Fsp3) is 0.378. The minimum Gasteiger partial charge on any atom is -0.432 e. The maximum Gasteiger partial charge on any atom is 0.264 e. The number of carbonyl (C=O) groups excluding carboxylic acids is 2. The third-order valence-corrected chi connectivity index (χ3v) is 12.9. The predicted molar refractivity (Wildman–Crippen MR) is 193 cm³/mol. The van der Waals surface area contributed by atoms with Crippen molar-refractivity contribution >= 4 is 48.8 Å². The Morgan fingerprint density at radius 2 is 1.80 bits per heavy atom. The maximum absolute atomic E-state index is 14.8. The van der Waals surface area contributed by atoms with E-state index >= 15 is 0 Å². The molecule has 0 unspecified atom stereocenters. The lowest BCUT2D eigenvalue weighted by molar-refractivity contribution is -0.146. The zero-order valence-corrected chi connectivity index (χ0v) is 30.1. The lowest BCUT2D eigenvalue weighted by Gasteiger charge is -2.32. The van der Waals surface area contributed by atoms with Gasteiger partial charge in [0.2, 0.25) is 5.91 Å². The number of benzene rings is 3. The summed E-state index contributed by atoms with van der Waals surface area (Å²) in [7, 11) is -2.86. The van der Waals surface area contributed by atoms with E-state index in [1.807, 2.05) is 86.7 Å². The molecule has 1 saturated heterocycles. The zero-order chi connectivity index (χ0) is 35.2. The molecule has 3 aliphatic heterocycles. The quantitative estimate of drug-likeness (QED) is 0.210. The molecule has 13 heteroatoms. The van der Waals surface area contributed by atoms with Crippen LogP contribution in [0.15, 0.2) is 84.1 Å². The lowest BCUT2D eigenvalue weighted by atomic mass is 9.82. The summed E-state index contributed by atoms with van der Waals surface area (Å²) in [5, 5.41) is 24.3. The van der Waals surface area contributed by atoms with Gasteiger partial charge in [0.05, 0.1) is 35.4 Å². The normalized spacial score (nSPS) is 23.6. The number of aromatic nitrogens is 3. The smallest absolute Gasteiger partial charge is 0.264 e. The fourth-order valence-corrected chi connectivity index (χ4v) is 10.7. The van der Waals surface area contributed by atoms with Crippen LogP contribution in [0.5, 0.6) is 0 Å². The first-order chi connectivity index (χ1) is 24.0. The average Bonchev–Trinajstić information content (AvgIpc) is 3.74. The molecule has 0 aliphatic carbocycles. The van der Waals surface area contributed by atoms with Gasteiger partial charge in [0.1, 0.15) is 0 Å². The average molecular weight is 713 g/mol. The number of carbonyl (C=O) groups is 2. The highest BCUT2D eigenvalue weighted by Crippen LogP contribution is 2.60. The first-order valence-corrected chi connectivity index (χ1v) is 20.5. The number of anilines is 2. The Morgan fingerprint density at radius 3 is 2.52 bits per heavy atom. The van der Waals surface area contributed by atoms with Gasteiger partial charge in [-0.15, -0.1) is 5.10 Å². The molecule has 3 aromatic carbocycles. The minimum atomic E-state index is -2.86. The maximum atomic E-state index is 14.8. The van der Waals surface area contributed by atoms with Crippen molar-refractivity contribution in [2.45, 2.75) is 76.0 Å². The monoisotopic (exact) mass is 712 g/mol. The highest BCUT2D eigenvalue weighted by atomic mass is 35.5. The van der Waals surface area contributed by atoms with Crippen molar-refractivity contribution in [2.75, 3.05) is 16.5 Å². The molecule has 0 radical (unpaired) electrons. The predicted octanol–water partition coefficient (Wildman–Crippen LogP) is 5.43. The van der Waals surface area contributed by atoms with Gasteiger partial charge in [0, 0.05) is 60.7 Å². The number of fused-ring (bicyclic) bond motifs is 2. The summed E-state index contributed by atoms with van der Waals surface area (Å²) < 4.78 is 8.64. The molecule has 3 aliphatic rings. The van der Waals surface area contributed by atoms with E-state index in [4.69, 9.17) is 21.4 Å². The zero-order valence-electron chi connectivity index (χ0n) is 28.4. The molecule has 7 rings (SSSR count). The van der Waals surface area contributed by atoms with E-state index in [-0.39, 0.29) is 36.4 Å². The number of hydrazone groups is 1. The van der Waals surface area contributed by atoms with E-state index in [1.165, 1.54) is 5.01 Å². The van der Waals surface area contributed by atoms with Crippen LogP contribution in [0.2, 0.25) is 23.7 Å². The van der Waals surface area contributed by atoms with E-state index in [0.29, 0.717) is 54.2 Å². The lowest BCUT2D eigenvalue weighted by Crippen LogP contribution is -2.46. The molecule has 260 valence electrons. The summed E-state index contributed by atoms with van der Waals surface area (Å²) in [4.78, 5) is 41.0. The summed E-state index contributed by atoms with van der Waals surface area (Å²) in [5.74, 6) is -0.591. The third kappa shape index (κ3) is 6.19. The minimum absolute atomic E-state index is 0.0101. The van der Waals surface area contributed by atoms with Gasteiger partial charge in [-0.2, -0.15) is 5.10 Å². The molecule has 1 fully saturated rings. The van der Waals surface area contributed by atoms with E-state index < -0.39 is 20.0 Å². The summed E-state index contributed by atoms with van der Waals surface area (Å²) in [6, 6.07) is 22.9. The molecule has 1 aromatic heterocycles. The van der Waals surface area contributed by atoms with Crippen molar-refractivity contribution in [1.29, 1.82) is 0 Å². The molecule has 11 nitrogen and oxygen atoms in total. The highest BCUT2D eigenvalue weighted by Gasteiger charge is 2.66. The second-order valence-corrected chi connectivity index (χ2v) is 18.3. The summed E-state index contributed by atoms with van der Waals surface area (Å²) in [5.41, 5.74) is 3.94. The van der Waals surface area contributed by atoms with E-state index in [2.05, 4.69) is 10.3 Å². The molecule has 4 heterocycles. The summed E-state index contributed by atoms with van der Waals surface area (Å²) in [6.07, 6.45) is 3.29. The van der Waals surface area contributed by atoms with Crippen molar-refractivity contribution in [3.63, 3.8) is 0 Å². The largest absolute Gasteiger partial charge is 0.432 e. The number of halogens is 1. The van der Waals surface area contributed by atoms with Crippen molar-refractivity contribution in [2.24, 2.45) is 11.0 Å². The van der Waals surface area contributed by atoms with Crippen LogP contribution in [0.4, 0.5) is 11.4 Å². The van der Waals surface area contributed by atoms with E-state index in [1.54, 1.807) is 21.8 Å². The topological polar surface area (TPSA) is 133 Å². The van der Waals surface area contributed by atoms with Crippen LogP contribution in [0, 0.1) is 5.92 Å². The molecular weight excluding hydrogens is 672 g/mol. The standard InChI is InChI=1S/C37H41ClN6O5Si/c1-24-35(50(2,3)48)33(17-19-42-23-28(18-20-45)39-41-42)49-37(24)30-21-27(38)11-15-32(30)43(36(37)47)22-25-9-12-29(13-10-25)44-34(46)16-14-31(40-44)26-7-5-4-6-8-26/h4-13,15,21,23-24,33,35,45,48H,14,16-20,22H2,1-3H3/t24-,33+,35-,37+/m0/s1. The first kappa shape index (κ1) is 34.3. The van der Waals surface area contributed by atoms with Gasteiger partial charge in [-0.1, -0.05) is 66.2 Å². The van der Waals surface area contributed by atoms with Crippen molar-refractivity contribution in [3.8, 4) is 0 Å². The van der Waals surface area contributed by atoms with Gasteiger partial charge in [0.25, 0.3) is 5.91 Å². The van der Waals surface area contributed by atoms with Crippen LogP contribution in [-0.4, -0.2) is 63.5 Å².